The fourth-order valence-electron chi connectivity index (χ4n) is 3.73. The second kappa shape index (κ2) is 13.2. The van der Waals surface area contributed by atoms with Crippen molar-refractivity contribution >= 4 is 29.9 Å². The van der Waals surface area contributed by atoms with Gasteiger partial charge in [0.05, 0.1) is 32.5 Å². The lowest BCUT2D eigenvalue weighted by atomic mass is 10.1. The second-order valence-electron chi connectivity index (χ2n) is 7.35. The van der Waals surface area contributed by atoms with Crippen molar-refractivity contribution in [2.75, 3.05) is 40.0 Å². The molecule has 0 amide bonds. The number of hydrogen-bond acceptors (Lipinski definition) is 5. The van der Waals surface area contributed by atoms with E-state index in [1.807, 2.05) is 12.1 Å². The van der Waals surface area contributed by atoms with Gasteiger partial charge in [0.25, 0.3) is 0 Å². The van der Waals surface area contributed by atoms with Crippen LogP contribution < -0.4 is 10.1 Å². The van der Waals surface area contributed by atoms with Crippen molar-refractivity contribution in [1.82, 2.24) is 15.2 Å². The van der Waals surface area contributed by atoms with E-state index in [4.69, 9.17) is 19.2 Å². The normalized spacial score (nSPS) is 20.8. The maximum Gasteiger partial charge on any atom is 0.218 e. The fraction of sp³-hybridized carbons (Fsp3) is 0.714. The van der Waals surface area contributed by atoms with Gasteiger partial charge in [-0.3, -0.25) is 0 Å². The number of aliphatic imine (C=N–C) groups is 1. The number of methoxy groups -OCH3 is 1. The van der Waals surface area contributed by atoms with Crippen LogP contribution in [0.3, 0.4) is 0 Å². The summed E-state index contributed by atoms with van der Waals surface area (Å²) in [5.41, 5.74) is 0.992. The molecule has 3 rings (SSSR count). The summed E-state index contributed by atoms with van der Waals surface area (Å²) in [6.45, 7) is 7.02. The van der Waals surface area contributed by atoms with Crippen molar-refractivity contribution in [2.45, 2.75) is 57.8 Å². The van der Waals surface area contributed by atoms with Gasteiger partial charge in [-0.2, -0.15) is 0 Å². The van der Waals surface area contributed by atoms with E-state index in [0.717, 1.165) is 63.6 Å². The highest BCUT2D eigenvalue weighted by Gasteiger charge is 2.23. The maximum absolute atomic E-state index is 6.13. The Labute approximate surface area is 191 Å². The first-order chi connectivity index (χ1) is 13.8. The summed E-state index contributed by atoms with van der Waals surface area (Å²) in [4.78, 5) is 11.4. The van der Waals surface area contributed by atoms with Crippen LogP contribution >= 0.6 is 24.0 Å². The number of nitrogens with zero attached hydrogens (tertiary/aromatic N) is 3. The zero-order valence-corrected chi connectivity index (χ0v) is 20.0. The molecule has 1 N–H and O–H groups in total. The summed E-state index contributed by atoms with van der Waals surface area (Å²) in [6, 6.07) is 3.92. The van der Waals surface area contributed by atoms with Crippen LogP contribution in [0.15, 0.2) is 23.3 Å². The molecule has 29 heavy (non-hydrogen) atoms. The Balaban J connectivity index is 0.00000300. The third-order valence-corrected chi connectivity index (χ3v) is 5.31. The summed E-state index contributed by atoms with van der Waals surface area (Å²) >= 11 is 0. The van der Waals surface area contributed by atoms with Crippen LogP contribution in [0.2, 0.25) is 0 Å². The highest BCUT2D eigenvalue weighted by Crippen LogP contribution is 2.19. The third-order valence-electron chi connectivity index (χ3n) is 5.31. The number of pyridine rings is 1. The largest absolute Gasteiger partial charge is 0.481 e. The van der Waals surface area contributed by atoms with Gasteiger partial charge >= 0.3 is 0 Å². The number of guanidine groups is 1. The van der Waals surface area contributed by atoms with Crippen LogP contribution in [0.1, 0.15) is 44.6 Å². The fourth-order valence-corrected chi connectivity index (χ4v) is 3.73. The van der Waals surface area contributed by atoms with E-state index in [1.54, 1.807) is 13.3 Å². The minimum absolute atomic E-state index is 0. The SMILES string of the molecule is CCNC(=NCc1cccnc1OC)N1CCC(OCC2CCCCO2)CC1.I. The number of hydrogen-bond donors (Lipinski definition) is 1. The molecule has 164 valence electrons. The van der Waals surface area contributed by atoms with Crippen LogP contribution in [0.4, 0.5) is 0 Å². The molecule has 3 heterocycles. The van der Waals surface area contributed by atoms with Gasteiger partial charge in [0.1, 0.15) is 0 Å². The van der Waals surface area contributed by atoms with Gasteiger partial charge in [-0.25, -0.2) is 9.98 Å². The topological polar surface area (TPSA) is 68.2 Å². The highest BCUT2D eigenvalue weighted by molar-refractivity contribution is 14.0. The highest BCUT2D eigenvalue weighted by atomic mass is 127. The van der Waals surface area contributed by atoms with Crippen LogP contribution in [-0.4, -0.2) is 68.0 Å². The predicted molar refractivity (Wildman–Crippen MR) is 125 cm³/mol. The molecule has 2 aliphatic heterocycles. The van der Waals surface area contributed by atoms with Crippen LogP contribution in [0, 0.1) is 0 Å². The Morgan fingerprint density at radius 2 is 2.14 bits per heavy atom. The second-order valence-corrected chi connectivity index (χ2v) is 7.35. The number of likely N-dealkylation sites (tertiary alicyclic amines) is 1. The van der Waals surface area contributed by atoms with Gasteiger partial charge in [-0.1, -0.05) is 6.07 Å². The van der Waals surface area contributed by atoms with Crippen molar-refractivity contribution in [3.05, 3.63) is 23.9 Å². The predicted octanol–water partition coefficient (Wildman–Crippen LogP) is 3.22. The molecule has 1 aromatic heterocycles. The Morgan fingerprint density at radius 1 is 1.31 bits per heavy atom. The van der Waals surface area contributed by atoms with E-state index < -0.39 is 0 Å². The smallest absolute Gasteiger partial charge is 0.218 e. The van der Waals surface area contributed by atoms with Crippen LogP contribution in [0.5, 0.6) is 5.88 Å². The number of nitrogens with one attached hydrogen (secondary N) is 1. The number of aromatic nitrogens is 1. The molecule has 8 heteroatoms. The summed E-state index contributed by atoms with van der Waals surface area (Å²) in [5, 5.41) is 3.41. The first kappa shape index (κ1) is 24.1. The third kappa shape index (κ3) is 7.57. The molecule has 0 saturated carbocycles. The van der Waals surface area contributed by atoms with Crippen molar-refractivity contribution < 1.29 is 14.2 Å². The lowest BCUT2D eigenvalue weighted by Gasteiger charge is -2.35. The lowest BCUT2D eigenvalue weighted by molar-refractivity contribution is -0.0721. The summed E-state index contributed by atoms with van der Waals surface area (Å²) in [5.74, 6) is 1.58. The Morgan fingerprint density at radius 3 is 2.83 bits per heavy atom. The van der Waals surface area contributed by atoms with Crippen molar-refractivity contribution in [2.24, 2.45) is 4.99 Å². The molecule has 7 nitrogen and oxygen atoms in total. The van der Waals surface area contributed by atoms with Crippen LogP contribution in [-0.2, 0) is 16.0 Å². The van der Waals surface area contributed by atoms with Crippen molar-refractivity contribution in [1.29, 1.82) is 0 Å². The zero-order chi connectivity index (χ0) is 19.6. The molecule has 2 aliphatic rings. The van der Waals surface area contributed by atoms with E-state index in [1.165, 1.54) is 12.8 Å². The summed E-state index contributed by atoms with van der Waals surface area (Å²) in [6.07, 6.45) is 7.97. The number of halogens is 1. The molecule has 1 atom stereocenters. The van der Waals surface area contributed by atoms with Crippen molar-refractivity contribution in [3.63, 3.8) is 0 Å². The molecule has 2 fully saturated rings. The van der Waals surface area contributed by atoms with Gasteiger partial charge in [0, 0.05) is 38.0 Å². The van der Waals surface area contributed by atoms with Gasteiger partial charge in [-0.15, -0.1) is 24.0 Å². The molecule has 0 spiro atoms. The van der Waals surface area contributed by atoms with Gasteiger partial charge in [-0.05, 0) is 45.1 Å². The molecule has 0 bridgehead atoms. The number of ether oxygens (including phenoxy) is 3. The van der Waals surface area contributed by atoms with Gasteiger partial charge in [0.15, 0.2) is 5.96 Å². The first-order valence-electron chi connectivity index (χ1n) is 10.5. The standard InChI is InChI=1S/C21H34N4O3.HI/c1-3-22-21(24-15-17-7-6-11-23-20(17)26-2)25-12-9-18(10-13-25)28-16-19-8-4-5-14-27-19;/h6-7,11,18-19H,3-5,8-10,12-16H2,1-2H3,(H,22,24);1H. The summed E-state index contributed by atoms with van der Waals surface area (Å²) in [7, 11) is 1.64. The number of piperidine rings is 1. The van der Waals surface area contributed by atoms with E-state index in [9.17, 15) is 0 Å². The summed E-state index contributed by atoms with van der Waals surface area (Å²) < 4.78 is 17.2. The quantitative estimate of drug-likeness (QED) is 0.340. The molecule has 0 aliphatic carbocycles. The van der Waals surface area contributed by atoms with E-state index in [0.29, 0.717) is 24.6 Å². The van der Waals surface area contributed by atoms with Gasteiger partial charge < -0.3 is 24.4 Å². The molecule has 0 radical (unpaired) electrons. The molecule has 1 aromatic rings. The molecule has 0 aromatic carbocycles. The molecule has 1 unspecified atom stereocenters. The molecular weight excluding hydrogens is 483 g/mol. The minimum atomic E-state index is 0. The Kier molecular flexibility index (Phi) is 11.0. The average Bonchev–Trinajstić information content (AvgIpc) is 2.76. The molecular formula is C21H35IN4O3. The zero-order valence-electron chi connectivity index (χ0n) is 17.6. The lowest BCUT2D eigenvalue weighted by Crippen LogP contribution is -2.47. The maximum atomic E-state index is 6.13. The Hall–Kier alpha value is -1.13. The Bertz CT molecular complexity index is 618. The van der Waals surface area contributed by atoms with Gasteiger partial charge in [0.2, 0.25) is 5.88 Å². The minimum Gasteiger partial charge on any atom is -0.481 e. The van der Waals surface area contributed by atoms with E-state index >= 15 is 0 Å². The first-order valence-corrected chi connectivity index (χ1v) is 10.5. The van der Waals surface area contributed by atoms with Crippen LogP contribution in [0.25, 0.3) is 0 Å². The van der Waals surface area contributed by atoms with Crippen molar-refractivity contribution in [3.8, 4) is 5.88 Å². The molecule has 2 saturated heterocycles. The van der Waals surface area contributed by atoms with E-state index in [2.05, 4.69) is 22.1 Å². The monoisotopic (exact) mass is 518 g/mol. The van der Waals surface area contributed by atoms with E-state index in [-0.39, 0.29) is 24.0 Å². The number of rotatable bonds is 7. The average molecular weight is 518 g/mol.